The summed E-state index contributed by atoms with van der Waals surface area (Å²) in [6.45, 7) is 3.71. The molecule has 0 amide bonds. The Morgan fingerprint density at radius 2 is 1.50 bits per heavy atom. The van der Waals surface area contributed by atoms with Gasteiger partial charge in [0.15, 0.2) is 0 Å². The van der Waals surface area contributed by atoms with Crippen LogP contribution in [0.5, 0.6) is 11.5 Å². The second kappa shape index (κ2) is 11.9. The highest BCUT2D eigenvalue weighted by molar-refractivity contribution is 5.83. The van der Waals surface area contributed by atoms with E-state index in [9.17, 15) is 4.79 Å². The minimum Gasteiger partial charge on any atom is -0.497 e. The van der Waals surface area contributed by atoms with E-state index in [1.165, 1.54) is 62.0 Å². The van der Waals surface area contributed by atoms with Gasteiger partial charge in [0.2, 0.25) is 0 Å². The molecule has 1 heterocycles. The Hall–Kier alpha value is -2.37. The molecule has 1 atom stereocenters. The Morgan fingerprint density at radius 3 is 2.18 bits per heavy atom. The molecular formula is C29H40N2O3. The lowest BCUT2D eigenvalue weighted by Gasteiger charge is -2.32. The summed E-state index contributed by atoms with van der Waals surface area (Å²) < 4.78 is 10.5. The van der Waals surface area contributed by atoms with Gasteiger partial charge < -0.3 is 19.7 Å². The predicted octanol–water partition coefficient (Wildman–Crippen LogP) is 4.24. The van der Waals surface area contributed by atoms with Crippen LogP contribution in [0.4, 0.5) is 0 Å². The van der Waals surface area contributed by atoms with Crippen molar-refractivity contribution in [1.82, 2.24) is 10.2 Å². The third-order valence-electron chi connectivity index (χ3n) is 7.65. The number of methoxy groups -OCH3 is 2. The Bertz CT molecular complexity index is 966. The average Bonchev–Trinajstić information content (AvgIpc) is 2.87. The monoisotopic (exact) mass is 464 g/mol. The molecule has 2 aromatic rings. The quantitative estimate of drug-likeness (QED) is 0.717. The summed E-state index contributed by atoms with van der Waals surface area (Å²) in [6, 6.07) is 13.2. The van der Waals surface area contributed by atoms with E-state index in [2.05, 4.69) is 41.5 Å². The molecule has 1 fully saturated rings. The van der Waals surface area contributed by atoms with E-state index in [1.54, 1.807) is 14.2 Å². The summed E-state index contributed by atoms with van der Waals surface area (Å²) in [4.78, 5) is 13.6. The lowest BCUT2D eigenvalue weighted by atomic mass is 9.87. The number of ketones is 1. The second-order valence-corrected chi connectivity index (χ2v) is 10.1. The maximum atomic E-state index is 11.2. The number of hydrogen-bond donors (Lipinski definition) is 1. The van der Waals surface area contributed by atoms with Crippen molar-refractivity contribution in [3.05, 3.63) is 58.7 Å². The van der Waals surface area contributed by atoms with Gasteiger partial charge in [-0.1, -0.05) is 12.1 Å². The molecule has 2 aromatic carbocycles. The number of aryl methyl sites for hydroxylation is 2. The van der Waals surface area contributed by atoms with Crippen LogP contribution in [-0.4, -0.2) is 57.6 Å². The largest absolute Gasteiger partial charge is 0.497 e. The number of nitrogens with one attached hydrogen (secondary N) is 1. The first-order chi connectivity index (χ1) is 16.5. The summed E-state index contributed by atoms with van der Waals surface area (Å²) in [5.74, 6) is 3.03. The van der Waals surface area contributed by atoms with Gasteiger partial charge in [-0.2, -0.15) is 0 Å². The number of fused-ring (bicyclic) bond motifs is 2. The van der Waals surface area contributed by atoms with Gasteiger partial charge in [-0.15, -0.1) is 0 Å². The molecule has 0 saturated carbocycles. The van der Waals surface area contributed by atoms with E-state index in [4.69, 9.17) is 9.47 Å². The molecule has 1 saturated heterocycles. The van der Waals surface area contributed by atoms with Crippen LogP contribution < -0.4 is 14.8 Å². The fourth-order valence-electron chi connectivity index (χ4n) is 5.35. The lowest BCUT2D eigenvalue weighted by molar-refractivity contribution is -0.118. The Morgan fingerprint density at radius 1 is 0.853 bits per heavy atom. The molecule has 1 unspecified atom stereocenters. The molecule has 0 bridgehead atoms. The van der Waals surface area contributed by atoms with Crippen molar-refractivity contribution in [3.8, 4) is 11.5 Å². The first-order valence-electron chi connectivity index (χ1n) is 12.8. The smallest absolute Gasteiger partial charge is 0.137 e. The normalized spacial score (nSPS) is 20.6. The number of ether oxygens (including phenoxy) is 2. The number of carbonyl (C=O) groups excluding carboxylic acids is 1. The van der Waals surface area contributed by atoms with Gasteiger partial charge >= 0.3 is 0 Å². The zero-order valence-corrected chi connectivity index (χ0v) is 21.1. The molecule has 0 aromatic heterocycles. The molecule has 5 heteroatoms. The maximum absolute atomic E-state index is 11.2. The minimum atomic E-state index is 0.334. The maximum Gasteiger partial charge on any atom is 0.137 e. The third kappa shape index (κ3) is 6.61. The zero-order chi connectivity index (χ0) is 23.9. The number of rotatable bonds is 5. The van der Waals surface area contributed by atoms with E-state index >= 15 is 0 Å². The van der Waals surface area contributed by atoms with Crippen LogP contribution in [0.25, 0.3) is 0 Å². The van der Waals surface area contributed by atoms with Crippen LogP contribution in [0.2, 0.25) is 0 Å². The Balaban J connectivity index is 0.000000180. The number of hydrogen-bond acceptors (Lipinski definition) is 5. The van der Waals surface area contributed by atoms with Crippen molar-refractivity contribution in [2.45, 2.75) is 57.4 Å². The van der Waals surface area contributed by atoms with Crippen LogP contribution in [-0.2, 0) is 30.5 Å². The van der Waals surface area contributed by atoms with E-state index < -0.39 is 0 Å². The van der Waals surface area contributed by atoms with Gasteiger partial charge in [-0.05, 0) is 118 Å². The molecule has 2 aliphatic carbocycles. The van der Waals surface area contributed by atoms with Crippen molar-refractivity contribution < 1.29 is 14.3 Å². The van der Waals surface area contributed by atoms with Gasteiger partial charge in [0.25, 0.3) is 0 Å². The van der Waals surface area contributed by atoms with E-state index in [0.29, 0.717) is 24.7 Å². The van der Waals surface area contributed by atoms with Crippen molar-refractivity contribution in [3.63, 3.8) is 0 Å². The fraction of sp³-hybridized carbons (Fsp3) is 0.552. The highest BCUT2D eigenvalue weighted by Gasteiger charge is 2.22. The number of Topliss-reactive ketones (excluding diaryl/α,β-unsaturated/α-hetero) is 1. The van der Waals surface area contributed by atoms with Crippen molar-refractivity contribution in [1.29, 1.82) is 0 Å². The zero-order valence-electron chi connectivity index (χ0n) is 21.1. The molecule has 0 spiro atoms. The van der Waals surface area contributed by atoms with Crippen molar-refractivity contribution in [2.24, 2.45) is 5.92 Å². The minimum absolute atomic E-state index is 0.334. The van der Waals surface area contributed by atoms with E-state index in [-0.39, 0.29) is 0 Å². The Kier molecular flexibility index (Phi) is 8.63. The average molecular weight is 465 g/mol. The number of nitrogens with zero attached hydrogens (tertiary/aromatic N) is 1. The molecule has 3 aliphatic rings. The van der Waals surface area contributed by atoms with E-state index in [0.717, 1.165) is 35.8 Å². The van der Waals surface area contributed by atoms with Gasteiger partial charge in [-0.3, -0.25) is 4.79 Å². The number of benzene rings is 2. The predicted molar refractivity (Wildman–Crippen MR) is 137 cm³/mol. The van der Waals surface area contributed by atoms with Crippen molar-refractivity contribution >= 4 is 5.78 Å². The van der Waals surface area contributed by atoms with E-state index in [1.807, 2.05) is 12.1 Å². The van der Waals surface area contributed by atoms with Gasteiger partial charge in [-0.25, -0.2) is 0 Å². The van der Waals surface area contributed by atoms with Gasteiger partial charge in [0.1, 0.15) is 17.3 Å². The summed E-state index contributed by atoms with van der Waals surface area (Å²) in [5, 5.41) is 3.83. The fourth-order valence-corrected chi connectivity index (χ4v) is 5.35. The van der Waals surface area contributed by atoms with Crippen LogP contribution in [0, 0.1) is 5.92 Å². The molecule has 0 radical (unpaired) electrons. The standard InChI is InChI=1S/C18H28N2O.C11H12O2/c1-20-9-7-14(8-10-20)13-19-17-5-3-15-4-6-18(21-2)12-16(15)11-17;1-13-11-5-3-8-2-4-10(12)6-9(8)7-11/h4,6,12,14,17,19H,3,5,7-11,13H2,1-2H3;3,5,7H,2,4,6H2,1H3. The summed E-state index contributed by atoms with van der Waals surface area (Å²) in [5.41, 5.74) is 5.41. The third-order valence-corrected chi connectivity index (χ3v) is 7.65. The molecule has 5 nitrogen and oxygen atoms in total. The number of likely N-dealkylation sites (tertiary alicyclic amines) is 1. The number of carbonyl (C=O) groups is 1. The Labute approximate surface area is 204 Å². The summed E-state index contributed by atoms with van der Waals surface area (Å²) >= 11 is 0. The summed E-state index contributed by atoms with van der Waals surface area (Å²) in [6.07, 6.45) is 8.47. The van der Waals surface area contributed by atoms with Crippen LogP contribution >= 0.6 is 0 Å². The molecule has 5 rings (SSSR count). The number of piperidine rings is 1. The molecule has 184 valence electrons. The lowest BCUT2D eigenvalue weighted by Crippen LogP contribution is -2.40. The van der Waals surface area contributed by atoms with Crippen LogP contribution in [0.3, 0.4) is 0 Å². The topological polar surface area (TPSA) is 50.8 Å². The van der Waals surface area contributed by atoms with Crippen LogP contribution in [0.1, 0.15) is 47.9 Å². The molecule has 1 N–H and O–H groups in total. The molecule has 34 heavy (non-hydrogen) atoms. The molecular weight excluding hydrogens is 424 g/mol. The highest BCUT2D eigenvalue weighted by atomic mass is 16.5. The van der Waals surface area contributed by atoms with Gasteiger partial charge in [0, 0.05) is 18.9 Å². The van der Waals surface area contributed by atoms with Crippen LogP contribution in [0.15, 0.2) is 36.4 Å². The van der Waals surface area contributed by atoms with Gasteiger partial charge in [0.05, 0.1) is 14.2 Å². The highest BCUT2D eigenvalue weighted by Crippen LogP contribution is 2.26. The first kappa shape index (κ1) is 24.7. The van der Waals surface area contributed by atoms with Crippen molar-refractivity contribution in [2.75, 3.05) is 40.9 Å². The molecule has 1 aliphatic heterocycles. The first-order valence-corrected chi connectivity index (χ1v) is 12.8. The SMILES string of the molecule is COc1ccc2c(c1)CC(=O)CC2.COc1ccc2c(c1)CC(NCC1CCN(C)CC1)CC2. The summed E-state index contributed by atoms with van der Waals surface area (Å²) in [7, 11) is 5.63. The second-order valence-electron chi connectivity index (χ2n) is 10.1.